The Morgan fingerprint density at radius 1 is 1.47 bits per heavy atom. The quantitative estimate of drug-likeness (QED) is 0.833. The van der Waals surface area contributed by atoms with Gasteiger partial charge in [-0.1, -0.05) is 6.07 Å². The average Bonchev–Trinajstić information content (AvgIpc) is 2.60. The first-order chi connectivity index (χ1) is 8.11. The predicted molar refractivity (Wildman–Crippen MR) is 65.6 cm³/mol. The molecule has 0 spiro atoms. The minimum atomic E-state index is -0.0335. The van der Waals surface area contributed by atoms with E-state index in [1.165, 1.54) is 0 Å². The summed E-state index contributed by atoms with van der Waals surface area (Å²) in [4.78, 5) is 12.0. The fourth-order valence-corrected chi connectivity index (χ4v) is 1.85. The maximum absolute atomic E-state index is 12.0. The average molecular weight is 232 g/mol. The Bertz CT molecular complexity index is 582. The number of hydrogen-bond donors (Lipinski definition) is 1. The maximum Gasteiger partial charge on any atom is 0.255 e. The Morgan fingerprint density at radius 2 is 2.24 bits per heavy atom. The molecule has 17 heavy (non-hydrogen) atoms. The summed E-state index contributed by atoms with van der Waals surface area (Å²) in [7, 11) is 1.88. The fourth-order valence-electron chi connectivity index (χ4n) is 1.85. The van der Waals surface area contributed by atoms with Crippen molar-refractivity contribution in [2.45, 2.75) is 20.0 Å². The highest BCUT2D eigenvalue weighted by molar-refractivity contribution is 5.13. The zero-order chi connectivity index (χ0) is 12.4. The van der Waals surface area contributed by atoms with Gasteiger partial charge in [-0.3, -0.25) is 9.48 Å². The van der Waals surface area contributed by atoms with Crippen molar-refractivity contribution in [3.05, 3.63) is 51.7 Å². The number of nitrogens with two attached hydrogens (primary N) is 1. The van der Waals surface area contributed by atoms with Crippen LogP contribution in [-0.4, -0.2) is 14.3 Å². The van der Waals surface area contributed by atoms with Crippen molar-refractivity contribution in [3.8, 4) is 0 Å². The number of pyridine rings is 1. The van der Waals surface area contributed by atoms with Crippen LogP contribution in [0, 0.1) is 6.92 Å². The lowest BCUT2D eigenvalue weighted by molar-refractivity contribution is 0.647. The molecular weight excluding hydrogens is 216 g/mol. The number of nitrogens with zero attached hydrogens (tertiary/aromatic N) is 3. The van der Waals surface area contributed by atoms with E-state index < -0.39 is 0 Å². The van der Waals surface area contributed by atoms with Crippen LogP contribution >= 0.6 is 0 Å². The molecule has 0 fully saturated rings. The van der Waals surface area contributed by atoms with Gasteiger partial charge in [0.1, 0.15) is 0 Å². The van der Waals surface area contributed by atoms with Crippen molar-refractivity contribution in [3.63, 3.8) is 0 Å². The van der Waals surface area contributed by atoms with Crippen molar-refractivity contribution < 1.29 is 0 Å². The van der Waals surface area contributed by atoms with Gasteiger partial charge < -0.3 is 10.3 Å². The molecule has 90 valence electrons. The van der Waals surface area contributed by atoms with Gasteiger partial charge in [-0.25, -0.2) is 0 Å². The molecule has 2 heterocycles. The smallest absolute Gasteiger partial charge is 0.255 e. The Labute approximate surface area is 99.5 Å². The third-order valence-corrected chi connectivity index (χ3v) is 2.75. The van der Waals surface area contributed by atoms with Gasteiger partial charge in [0.2, 0.25) is 0 Å². The summed E-state index contributed by atoms with van der Waals surface area (Å²) in [6.07, 6.45) is 1.77. The monoisotopic (exact) mass is 232 g/mol. The first kappa shape index (κ1) is 11.6. The van der Waals surface area contributed by atoms with Crippen LogP contribution in [-0.2, 0) is 20.1 Å². The van der Waals surface area contributed by atoms with Gasteiger partial charge in [0.05, 0.1) is 17.9 Å². The standard InChI is InChI=1S/C12H16N4O/c1-9-6-11(15(2)14-9)8-16-5-3-4-10(7-13)12(16)17/h3-6H,7-8,13H2,1-2H3. The van der Waals surface area contributed by atoms with E-state index in [1.54, 1.807) is 21.5 Å². The molecular formula is C12H16N4O. The van der Waals surface area contributed by atoms with E-state index >= 15 is 0 Å². The van der Waals surface area contributed by atoms with Crippen molar-refractivity contribution >= 4 is 0 Å². The van der Waals surface area contributed by atoms with Gasteiger partial charge in [-0.05, 0) is 19.1 Å². The number of hydrogen-bond acceptors (Lipinski definition) is 3. The maximum atomic E-state index is 12.0. The molecule has 2 N–H and O–H groups in total. The lowest BCUT2D eigenvalue weighted by atomic mass is 10.2. The van der Waals surface area contributed by atoms with E-state index in [-0.39, 0.29) is 12.1 Å². The molecule has 0 aliphatic carbocycles. The zero-order valence-corrected chi connectivity index (χ0v) is 10.1. The third-order valence-electron chi connectivity index (χ3n) is 2.75. The zero-order valence-electron chi connectivity index (χ0n) is 10.1. The van der Waals surface area contributed by atoms with Gasteiger partial charge in [0, 0.05) is 25.4 Å². The Morgan fingerprint density at radius 3 is 2.82 bits per heavy atom. The molecule has 0 atom stereocenters. The number of aromatic nitrogens is 3. The van der Waals surface area contributed by atoms with Crippen LogP contribution < -0.4 is 11.3 Å². The van der Waals surface area contributed by atoms with Crippen LogP contribution in [0.2, 0.25) is 0 Å². The molecule has 0 aliphatic heterocycles. The topological polar surface area (TPSA) is 65.8 Å². The SMILES string of the molecule is Cc1cc(Cn2cccc(CN)c2=O)n(C)n1. The van der Waals surface area contributed by atoms with E-state index in [1.807, 2.05) is 26.1 Å². The molecule has 0 saturated carbocycles. The van der Waals surface area contributed by atoms with Crippen LogP contribution in [0.3, 0.4) is 0 Å². The highest BCUT2D eigenvalue weighted by Crippen LogP contribution is 2.03. The van der Waals surface area contributed by atoms with E-state index in [0.29, 0.717) is 12.1 Å². The number of rotatable bonds is 3. The minimum absolute atomic E-state index is 0.0335. The molecule has 5 nitrogen and oxygen atoms in total. The van der Waals surface area contributed by atoms with Crippen LogP contribution in [0.5, 0.6) is 0 Å². The molecule has 0 radical (unpaired) electrons. The molecule has 0 unspecified atom stereocenters. The Hall–Kier alpha value is -1.88. The van der Waals surface area contributed by atoms with Crippen molar-refractivity contribution in [1.29, 1.82) is 0 Å². The van der Waals surface area contributed by atoms with Crippen molar-refractivity contribution in [1.82, 2.24) is 14.3 Å². The summed E-state index contributed by atoms with van der Waals surface area (Å²) in [5.74, 6) is 0. The third kappa shape index (κ3) is 2.29. The van der Waals surface area contributed by atoms with E-state index in [2.05, 4.69) is 5.10 Å². The second-order valence-electron chi connectivity index (χ2n) is 4.07. The highest BCUT2D eigenvalue weighted by atomic mass is 16.1. The van der Waals surface area contributed by atoms with E-state index in [4.69, 9.17) is 5.73 Å². The van der Waals surface area contributed by atoms with Crippen LogP contribution in [0.15, 0.2) is 29.2 Å². The molecule has 2 aromatic rings. The normalized spacial score (nSPS) is 10.8. The molecule has 0 aromatic carbocycles. The van der Waals surface area contributed by atoms with Gasteiger partial charge in [-0.2, -0.15) is 5.10 Å². The number of aryl methyl sites for hydroxylation is 2. The lowest BCUT2D eigenvalue weighted by Crippen LogP contribution is -2.25. The molecule has 0 bridgehead atoms. The summed E-state index contributed by atoms with van der Waals surface area (Å²) in [6, 6.07) is 5.57. The molecule has 2 rings (SSSR count). The summed E-state index contributed by atoms with van der Waals surface area (Å²) in [5.41, 5.74) is 8.06. The minimum Gasteiger partial charge on any atom is -0.326 e. The first-order valence-corrected chi connectivity index (χ1v) is 5.49. The van der Waals surface area contributed by atoms with Crippen molar-refractivity contribution in [2.24, 2.45) is 12.8 Å². The summed E-state index contributed by atoms with van der Waals surface area (Å²) in [5, 5.41) is 4.26. The summed E-state index contributed by atoms with van der Waals surface area (Å²) < 4.78 is 3.44. The van der Waals surface area contributed by atoms with E-state index in [9.17, 15) is 4.79 Å². The predicted octanol–water partition coefficient (Wildman–Crippen LogP) is 0.397. The fraction of sp³-hybridized carbons (Fsp3) is 0.333. The largest absolute Gasteiger partial charge is 0.326 e. The van der Waals surface area contributed by atoms with Gasteiger partial charge in [0.25, 0.3) is 5.56 Å². The van der Waals surface area contributed by atoms with Gasteiger partial charge in [-0.15, -0.1) is 0 Å². The van der Waals surface area contributed by atoms with Gasteiger partial charge in [0.15, 0.2) is 0 Å². The van der Waals surface area contributed by atoms with Crippen molar-refractivity contribution in [2.75, 3.05) is 0 Å². The van der Waals surface area contributed by atoms with Gasteiger partial charge >= 0.3 is 0 Å². The molecule has 2 aromatic heterocycles. The molecule has 5 heteroatoms. The first-order valence-electron chi connectivity index (χ1n) is 5.49. The van der Waals surface area contributed by atoms with Crippen LogP contribution in [0.25, 0.3) is 0 Å². The summed E-state index contributed by atoms with van der Waals surface area (Å²) >= 11 is 0. The molecule has 0 saturated heterocycles. The Balaban J connectivity index is 2.37. The second-order valence-corrected chi connectivity index (χ2v) is 4.07. The van der Waals surface area contributed by atoms with E-state index in [0.717, 1.165) is 11.4 Å². The lowest BCUT2D eigenvalue weighted by Gasteiger charge is -2.07. The molecule has 0 amide bonds. The Kier molecular flexibility index (Phi) is 3.10. The second kappa shape index (κ2) is 4.55. The highest BCUT2D eigenvalue weighted by Gasteiger charge is 2.06. The van der Waals surface area contributed by atoms with Crippen LogP contribution in [0.1, 0.15) is 17.0 Å². The van der Waals surface area contributed by atoms with Crippen LogP contribution in [0.4, 0.5) is 0 Å². The molecule has 0 aliphatic rings. The summed E-state index contributed by atoms with van der Waals surface area (Å²) in [6.45, 7) is 2.72.